The van der Waals surface area contributed by atoms with E-state index in [9.17, 15) is 9.90 Å². The van der Waals surface area contributed by atoms with Gasteiger partial charge in [0.25, 0.3) is 0 Å². The van der Waals surface area contributed by atoms with Gasteiger partial charge in [-0.15, -0.1) is 11.3 Å². The highest BCUT2D eigenvalue weighted by atomic mass is 32.1. The lowest BCUT2D eigenvalue weighted by Gasteiger charge is -2.36. The van der Waals surface area contributed by atoms with Gasteiger partial charge in [0.15, 0.2) is 0 Å². The summed E-state index contributed by atoms with van der Waals surface area (Å²) in [6.07, 6.45) is 3.23. The summed E-state index contributed by atoms with van der Waals surface area (Å²) >= 11 is 1.55. The number of thiazole rings is 1. The van der Waals surface area contributed by atoms with Gasteiger partial charge >= 0.3 is 0 Å². The fourth-order valence-electron chi connectivity index (χ4n) is 2.08. The highest BCUT2D eigenvalue weighted by molar-refractivity contribution is 7.09. The molecule has 1 fully saturated rings. The number of hydrogen-bond acceptors (Lipinski definition) is 4. The van der Waals surface area contributed by atoms with Gasteiger partial charge in [0.05, 0.1) is 12.1 Å². The van der Waals surface area contributed by atoms with Gasteiger partial charge in [0.1, 0.15) is 5.01 Å². The first-order chi connectivity index (χ1) is 7.72. The van der Waals surface area contributed by atoms with Crippen LogP contribution in [0.4, 0.5) is 0 Å². The van der Waals surface area contributed by atoms with Crippen LogP contribution >= 0.6 is 11.3 Å². The van der Waals surface area contributed by atoms with Gasteiger partial charge in [0.2, 0.25) is 5.91 Å². The molecule has 4 nitrogen and oxygen atoms in total. The summed E-state index contributed by atoms with van der Waals surface area (Å²) in [6, 6.07) is -0.0313. The molecule has 1 N–H and O–H groups in total. The van der Waals surface area contributed by atoms with Crippen LogP contribution in [0.15, 0.2) is 11.6 Å². The summed E-state index contributed by atoms with van der Waals surface area (Å²) < 4.78 is 0. The molecule has 1 amide bonds. The number of carbonyl (C=O) groups excluding carboxylic acids is 1. The molecule has 1 aliphatic rings. The lowest BCUT2D eigenvalue weighted by Crippen LogP contribution is -2.42. The molecule has 0 radical (unpaired) electrons. The number of rotatable bonds is 2. The average Bonchev–Trinajstić information content (AvgIpc) is 2.81. The molecular weight excluding hydrogens is 224 g/mol. The SMILES string of the molecule is CCC(=O)N1CCC(O)CC1c1nccs1. The zero-order valence-corrected chi connectivity index (χ0v) is 10.1. The fraction of sp³-hybridized carbons (Fsp3) is 0.636. The van der Waals surface area contributed by atoms with Gasteiger partial charge in [0, 0.05) is 31.0 Å². The van der Waals surface area contributed by atoms with E-state index in [-0.39, 0.29) is 18.1 Å². The topological polar surface area (TPSA) is 53.4 Å². The maximum absolute atomic E-state index is 11.8. The fourth-order valence-corrected chi connectivity index (χ4v) is 2.84. The Morgan fingerprint density at radius 2 is 2.56 bits per heavy atom. The van der Waals surface area contributed by atoms with Gasteiger partial charge in [-0.2, -0.15) is 0 Å². The number of carbonyl (C=O) groups is 1. The molecular formula is C11H16N2O2S. The third kappa shape index (κ3) is 2.25. The Morgan fingerprint density at radius 3 is 3.19 bits per heavy atom. The predicted molar refractivity (Wildman–Crippen MR) is 62.1 cm³/mol. The molecule has 2 rings (SSSR count). The molecule has 0 spiro atoms. The highest BCUT2D eigenvalue weighted by Gasteiger charge is 2.32. The molecule has 0 saturated carbocycles. The minimum Gasteiger partial charge on any atom is -0.393 e. The molecule has 0 aliphatic carbocycles. The first-order valence-electron chi connectivity index (χ1n) is 5.59. The Morgan fingerprint density at radius 1 is 1.75 bits per heavy atom. The third-order valence-corrected chi connectivity index (χ3v) is 3.81. The number of nitrogens with zero attached hydrogens (tertiary/aromatic N) is 2. The van der Waals surface area contributed by atoms with E-state index in [2.05, 4.69) is 4.98 Å². The number of hydrogen-bond donors (Lipinski definition) is 1. The van der Waals surface area contributed by atoms with Crippen LogP contribution in [0.5, 0.6) is 0 Å². The average molecular weight is 240 g/mol. The van der Waals surface area contributed by atoms with E-state index in [0.717, 1.165) is 5.01 Å². The van der Waals surface area contributed by atoms with Gasteiger partial charge < -0.3 is 10.0 Å². The summed E-state index contributed by atoms with van der Waals surface area (Å²) in [7, 11) is 0. The van der Waals surface area contributed by atoms with Crippen molar-refractivity contribution >= 4 is 17.2 Å². The van der Waals surface area contributed by atoms with Crippen molar-refractivity contribution in [2.75, 3.05) is 6.54 Å². The molecule has 0 aromatic carbocycles. The van der Waals surface area contributed by atoms with Crippen molar-refractivity contribution in [1.82, 2.24) is 9.88 Å². The number of aliphatic hydroxyl groups excluding tert-OH is 1. The first kappa shape index (κ1) is 11.5. The Labute approximate surface area is 98.9 Å². The van der Waals surface area contributed by atoms with Crippen LogP contribution in [0.25, 0.3) is 0 Å². The lowest BCUT2D eigenvalue weighted by molar-refractivity contribution is -0.136. The maximum atomic E-state index is 11.8. The second-order valence-corrected chi connectivity index (χ2v) is 4.93. The smallest absolute Gasteiger partial charge is 0.222 e. The number of amides is 1. The van der Waals surface area contributed by atoms with E-state index in [0.29, 0.717) is 25.8 Å². The van der Waals surface area contributed by atoms with Crippen molar-refractivity contribution < 1.29 is 9.90 Å². The maximum Gasteiger partial charge on any atom is 0.222 e. The molecule has 1 aromatic heterocycles. The second kappa shape index (κ2) is 4.93. The van der Waals surface area contributed by atoms with Crippen LogP contribution in [0.3, 0.4) is 0 Å². The normalized spacial score (nSPS) is 25.8. The van der Waals surface area contributed by atoms with Crippen LogP contribution in [0.1, 0.15) is 37.2 Å². The van der Waals surface area contributed by atoms with Crippen molar-refractivity contribution in [1.29, 1.82) is 0 Å². The van der Waals surface area contributed by atoms with Gasteiger partial charge in [-0.1, -0.05) is 6.92 Å². The minimum atomic E-state index is -0.310. The lowest BCUT2D eigenvalue weighted by atomic mass is 9.99. The summed E-state index contributed by atoms with van der Waals surface area (Å²) in [6.45, 7) is 2.50. The summed E-state index contributed by atoms with van der Waals surface area (Å²) in [5.41, 5.74) is 0. The molecule has 1 aliphatic heterocycles. The van der Waals surface area contributed by atoms with Crippen molar-refractivity contribution in [3.05, 3.63) is 16.6 Å². The van der Waals surface area contributed by atoms with Crippen LogP contribution in [-0.2, 0) is 4.79 Å². The molecule has 5 heteroatoms. The van der Waals surface area contributed by atoms with Crippen LogP contribution in [0.2, 0.25) is 0 Å². The molecule has 88 valence electrons. The Bertz CT molecular complexity index is 353. The molecule has 16 heavy (non-hydrogen) atoms. The minimum absolute atomic E-state index is 0.0313. The molecule has 1 saturated heterocycles. The molecule has 2 unspecified atom stereocenters. The zero-order valence-electron chi connectivity index (χ0n) is 9.30. The van der Waals surface area contributed by atoms with E-state index in [1.54, 1.807) is 17.5 Å². The van der Waals surface area contributed by atoms with E-state index >= 15 is 0 Å². The van der Waals surface area contributed by atoms with Crippen molar-refractivity contribution in [2.45, 2.75) is 38.3 Å². The quantitative estimate of drug-likeness (QED) is 0.854. The molecule has 0 bridgehead atoms. The standard InChI is InChI=1S/C11H16N2O2S/c1-2-10(15)13-5-3-8(14)7-9(13)11-12-4-6-16-11/h4,6,8-9,14H,2-3,5,7H2,1H3. The van der Waals surface area contributed by atoms with E-state index < -0.39 is 0 Å². The molecule has 1 aromatic rings. The monoisotopic (exact) mass is 240 g/mol. The predicted octanol–water partition coefficient (Wildman–Crippen LogP) is 1.58. The summed E-state index contributed by atoms with van der Waals surface area (Å²) in [4.78, 5) is 17.9. The summed E-state index contributed by atoms with van der Waals surface area (Å²) in [5.74, 6) is 0.145. The van der Waals surface area contributed by atoms with Crippen molar-refractivity contribution in [2.24, 2.45) is 0 Å². The Kier molecular flexibility index (Phi) is 3.56. The Hall–Kier alpha value is -0.940. The largest absolute Gasteiger partial charge is 0.393 e. The van der Waals surface area contributed by atoms with Crippen LogP contribution in [0, 0.1) is 0 Å². The molecule has 2 heterocycles. The Balaban J connectivity index is 2.19. The summed E-state index contributed by atoms with van der Waals surface area (Å²) in [5, 5.41) is 12.5. The number of aliphatic hydroxyl groups is 1. The number of aromatic nitrogens is 1. The highest BCUT2D eigenvalue weighted by Crippen LogP contribution is 2.32. The third-order valence-electron chi connectivity index (χ3n) is 2.93. The number of likely N-dealkylation sites (tertiary alicyclic amines) is 1. The second-order valence-electron chi connectivity index (χ2n) is 4.01. The van der Waals surface area contributed by atoms with Crippen LogP contribution < -0.4 is 0 Å². The van der Waals surface area contributed by atoms with E-state index in [1.807, 2.05) is 17.2 Å². The van der Waals surface area contributed by atoms with Crippen molar-refractivity contribution in [3.8, 4) is 0 Å². The van der Waals surface area contributed by atoms with Gasteiger partial charge in [-0.05, 0) is 6.42 Å². The first-order valence-corrected chi connectivity index (χ1v) is 6.47. The number of piperidine rings is 1. The van der Waals surface area contributed by atoms with Crippen LogP contribution in [-0.4, -0.2) is 33.5 Å². The van der Waals surface area contributed by atoms with E-state index in [4.69, 9.17) is 0 Å². The van der Waals surface area contributed by atoms with E-state index in [1.165, 1.54) is 0 Å². The van der Waals surface area contributed by atoms with Crippen molar-refractivity contribution in [3.63, 3.8) is 0 Å². The van der Waals surface area contributed by atoms with Gasteiger partial charge in [-0.3, -0.25) is 4.79 Å². The molecule has 2 atom stereocenters. The zero-order chi connectivity index (χ0) is 11.5. The van der Waals surface area contributed by atoms with Gasteiger partial charge in [-0.25, -0.2) is 4.98 Å².